The molecule has 4 nitrogen and oxygen atoms in total. The molecule has 2 aliphatic rings. The van der Waals surface area contributed by atoms with E-state index >= 15 is 0 Å². The number of carbonyl (C=O) groups excluding carboxylic acids is 2. The molecule has 3 rings (SSSR count). The molecule has 0 saturated carbocycles. The number of anilines is 1. The SMILES string of the molecule is Cc1ccccc1N1C(=O)C2CCCCN2C1=O. The predicted octanol–water partition coefficient (Wildman–Crippen LogP) is 2.32. The van der Waals surface area contributed by atoms with Crippen LogP contribution in [-0.4, -0.2) is 29.4 Å². The average molecular weight is 244 g/mol. The summed E-state index contributed by atoms with van der Waals surface area (Å²) in [4.78, 5) is 27.8. The maximum atomic E-state index is 12.4. The van der Waals surface area contributed by atoms with Crippen LogP contribution in [0.2, 0.25) is 0 Å². The van der Waals surface area contributed by atoms with Crippen LogP contribution >= 0.6 is 0 Å². The molecule has 2 fully saturated rings. The Morgan fingerprint density at radius 3 is 2.67 bits per heavy atom. The van der Waals surface area contributed by atoms with Crippen LogP contribution in [0, 0.1) is 6.92 Å². The smallest absolute Gasteiger partial charge is 0.312 e. The number of amides is 3. The van der Waals surface area contributed by atoms with Crippen molar-refractivity contribution in [3.8, 4) is 0 Å². The monoisotopic (exact) mass is 244 g/mol. The highest BCUT2D eigenvalue weighted by atomic mass is 16.2. The lowest BCUT2D eigenvalue weighted by Crippen LogP contribution is -2.39. The molecule has 0 spiro atoms. The number of hydrogen-bond acceptors (Lipinski definition) is 2. The number of benzene rings is 1. The van der Waals surface area contributed by atoms with Crippen molar-refractivity contribution in [2.75, 3.05) is 11.4 Å². The van der Waals surface area contributed by atoms with E-state index in [1.165, 1.54) is 4.90 Å². The third kappa shape index (κ3) is 1.52. The zero-order valence-electron chi connectivity index (χ0n) is 10.4. The Hall–Kier alpha value is -1.84. The molecule has 0 radical (unpaired) electrons. The summed E-state index contributed by atoms with van der Waals surface area (Å²) in [5, 5.41) is 0. The Morgan fingerprint density at radius 1 is 1.17 bits per heavy atom. The van der Waals surface area contributed by atoms with Crippen LogP contribution in [0.3, 0.4) is 0 Å². The minimum atomic E-state index is -0.231. The first-order valence-electron chi connectivity index (χ1n) is 6.40. The highest BCUT2D eigenvalue weighted by Crippen LogP contribution is 2.31. The van der Waals surface area contributed by atoms with E-state index in [1.54, 1.807) is 4.90 Å². The molecule has 2 saturated heterocycles. The van der Waals surface area contributed by atoms with Gasteiger partial charge in [-0.05, 0) is 37.8 Å². The lowest BCUT2D eigenvalue weighted by atomic mass is 10.0. The van der Waals surface area contributed by atoms with Crippen molar-refractivity contribution in [2.24, 2.45) is 0 Å². The number of imide groups is 1. The summed E-state index contributed by atoms with van der Waals surface area (Å²) in [6.07, 6.45) is 2.83. The predicted molar refractivity (Wildman–Crippen MR) is 68.4 cm³/mol. The van der Waals surface area contributed by atoms with Crippen LogP contribution in [0.25, 0.3) is 0 Å². The van der Waals surface area contributed by atoms with E-state index < -0.39 is 0 Å². The number of rotatable bonds is 1. The number of hydrogen-bond donors (Lipinski definition) is 0. The number of aryl methyl sites for hydroxylation is 1. The minimum absolute atomic E-state index is 0.0611. The first kappa shape index (κ1) is 11.3. The number of urea groups is 1. The molecule has 0 aliphatic carbocycles. The van der Waals surface area contributed by atoms with Crippen molar-refractivity contribution in [2.45, 2.75) is 32.2 Å². The van der Waals surface area contributed by atoms with Crippen molar-refractivity contribution in [3.63, 3.8) is 0 Å². The lowest BCUT2D eigenvalue weighted by molar-refractivity contribution is -0.120. The molecule has 0 aromatic heterocycles. The third-order valence-electron chi connectivity index (χ3n) is 3.80. The highest BCUT2D eigenvalue weighted by molar-refractivity contribution is 6.21. The second-order valence-electron chi connectivity index (χ2n) is 4.95. The summed E-state index contributed by atoms with van der Waals surface area (Å²) in [6, 6.07) is 7.15. The Balaban J connectivity index is 2.00. The first-order valence-corrected chi connectivity index (χ1v) is 6.40. The van der Waals surface area contributed by atoms with E-state index in [1.807, 2.05) is 31.2 Å². The van der Waals surface area contributed by atoms with Crippen LogP contribution in [0.1, 0.15) is 24.8 Å². The maximum Gasteiger partial charge on any atom is 0.332 e. The molecule has 2 heterocycles. The van der Waals surface area contributed by atoms with Gasteiger partial charge < -0.3 is 4.90 Å². The van der Waals surface area contributed by atoms with E-state index in [-0.39, 0.29) is 18.0 Å². The molecule has 4 heteroatoms. The van der Waals surface area contributed by atoms with E-state index in [2.05, 4.69) is 0 Å². The van der Waals surface area contributed by atoms with Gasteiger partial charge in [0.05, 0.1) is 5.69 Å². The standard InChI is InChI=1S/C14H16N2O2/c1-10-6-2-3-7-11(10)16-13(17)12-8-4-5-9-15(12)14(16)18/h2-3,6-7,12H,4-5,8-9H2,1H3. The second kappa shape index (κ2) is 4.12. The largest absolute Gasteiger partial charge is 0.332 e. The Morgan fingerprint density at radius 2 is 1.94 bits per heavy atom. The van der Waals surface area contributed by atoms with Crippen LogP contribution in [0.15, 0.2) is 24.3 Å². The van der Waals surface area contributed by atoms with Gasteiger partial charge in [0.2, 0.25) is 0 Å². The number of piperidine rings is 1. The molecule has 94 valence electrons. The van der Waals surface area contributed by atoms with Crippen LogP contribution in [0.5, 0.6) is 0 Å². The summed E-state index contributed by atoms with van der Waals surface area (Å²) >= 11 is 0. The van der Waals surface area contributed by atoms with Crippen LogP contribution < -0.4 is 4.90 Å². The summed E-state index contributed by atoms with van der Waals surface area (Å²) in [5.74, 6) is -0.0611. The van der Waals surface area contributed by atoms with Gasteiger partial charge in [-0.25, -0.2) is 9.69 Å². The van der Waals surface area contributed by atoms with E-state index in [0.29, 0.717) is 6.54 Å². The molecule has 0 bridgehead atoms. The van der Waals surface area contributed by atoms with Crippen molar-refractivity contribution >= 4 is 17.6 Å². The van der Waals surface area contributed by atoms with Gasteiger partial charge in [-0.2, -0.15) is 0 Å². The number of fused-ring (bicyclic) bond motifs is 1. The van der Waals surface area contributed by atoms with Crippen molar-refractivity contribution in [1.29, 1.82) is 0 Å². The Bertz CT molecular complexity index is 488. The first-order chi connectivity index (χ1) is 8.70. The lowest BCUT2D eigenvalue weighted by Gasteiger charge is -2.26. The van der Waals surface area contributed by atoms with Crippen LogP contribution in [0.4, 0.5) is 10.5 Å². The molecule has 3 amide bonds. The molecule has 1 aromatic carbocycles. The molecule has 1 aromatic rings. The van der Waals surface area contributed by atoms with Crippen molar-refractivity contribution in [1.82, 2.24) is 4.90 Å². The van der Waals surface area contributed by atoms with Gasteiger partial charge in [-0.3, -0.25) is 4.79 Å². The molecular formula is C14H16N2O2. The number of para-hydroxylation sites is 1. The zero-order valence-corrected chi connectivity index (χ0v) is 10.4. The fraction of sp³-hybridized carbons (Fsp3) is 0.429. The molecular weight excluding hydrogens is 228 g/mol. The van der Waals surface area contributed by atoms with Gasteiger partial charge in [-0.1, -0.05) is 18.2 Å². The summed E-state index contributed by atoms with van der Waals surface area (Å²) < 4.78 is 0. The van der Waals surface area contributed by atoms with Gasteiger partial charge >= 0.3 is 6.03 Å². The molecule has 1 unspecified atom stereocenters. The quantitative estimate of drug-likeness (QED) is 0.711. The molecule has 1 atom stereocenters. The number of nitrogens with zero attached hydrogens (tertiary/aromatic N) is 2. The normalized spacial score (nSPS) is 23.5. The van der Waals surface area contributed by atoms with Gasteiger partial charge in [0.15, 0.2) is 0 Å². The van der Waals surface area contributed by atoms with E-state index in [0.717, 1.165) is 30.5 Å². The summed E-state index contributed by atoms with van der Waals surface area (Å²) in [5.41, 5.74) is 1.68. The van der Waals surface area contributed by atoms with Gasteiger partial charge in [-0.15, -0.1) is 0 Å². The van der Waals surface area contributed by atoms with Crippen LogP contribution in [-0.2, 0) is 4.79 Å². The van der Waals surface area contributed by atoms with Crippen molar-refractivity contribution < 1.29 is 9.59 Å². The average Bonchev–Trinajstić information content (AvgIpc) is 2.64. The fourth-order valence-electron chi connectivity index (χ4n) is 2.83. The van der Waals surface area contributed by atoms with Gasteiger partial charge in [0.25, 0.3) is 5.91 Å². The molecule has 0 N–H and O–H groups in total. The Labute approximate surface area is 106 Å². The van der Waals surface area contributed by atoms with Crippen molar-refractivity contribution in [3.05, 3.63) is 29.8 Å². The number of carbonyl (C=O) groups is 2. The topological polar surface area (TPSA) is 40.6 Å². The minimum Gasteiger partial charge on any atom is -0.312 e. The summed E-state index contributed by atoms with van der Waals surface area (Å²) in [6.45, 7) is 2.63. The zero-order chi connectivity index (χ0) is 12.7. The highest BCUT2D eigenvalue weighted by Gasteiger charge is 2.46. The Kier molecular flexibility index (Phi) is 2.58. The molecule has 2 aliphatic heterocycles. The molecule has 18 heavy (non-hydrogen) atoms. The van der Waals surface area contributed by atoms with Gasteiger partial charge in [0, 0.05) is 6.54 Å². The third-order valence-corrected chi connectivity index (χ3v) is 3.80. The summed E-state index contributed by atoms with van der Waals surface area (Å²) in [7, 11) is 0. The van der Waals surface area contributed by atoms with E-state index in [4.69, 9.17) is 0 Å². The van der Waals surface area contributed by atoms with E-state index in [9.17, 15) is 9.59 Å². The fourth-order valence-corrected chi connectivity index (χ4v) is 2.83. The second-order valence-corrected chi connectivity index (χ2v) is 4.95. The van der Waals surface area contributed by atoms with Gasteiger partial charge in [0.1, 0.15) is 6.04 Å². The maximum absolute atomic E-state index is 12.4.